The number of hydrogen-bond acceptors (Lipinski definition) is 4. The molecule has 102 valence electrons. The first-order valence-electron chi connectivity index (χ1n) is 5.80. The monoisotopic (exact) mass is 288 g/mol. The number of non-ortho nitro benzene ring substituents is 1. The molecule has 20 heavy (non-hydrogen) atoms. The van der Waals surface area contributed by atoms with Gasteiger partial charge >= 0.3 is 0 Å². The lowest BCUT2D eigenvalue weighted by atomic mass is 10.2. The summed E-state index contributed by atoms with van der Waals surface area (Å²) in [6, 6.07) is 13.4. The highest BCUT2D eigenvalue weighted by Crippen LogP contribution is 2.18. The van der Waals surface area contributed by atoms with Crippen molar-refractivity contribution in [3.05, 3.63) is 64.2 Å². The van der Waals surface area contributed by atoms with Gasteiger partial charge in [-0.05, 0) is 24.3 Å². The molecule has 5 nitrogen and oxygen atoms in total. The van der Waals surface area contributed by atoms with Crippen molar-refractivity contribution in [2.75, 3.05) is 12.4 Å². The average molecular weight is 288 g/mol. The third kappa shape index (κ3) is 3.30. The minimum Gasteiger partial charge on any atom is -0.497 e. The second kappa shape index (κ2) is 6.12. The normalized spacial score (nSPS) is 9.85. The van der Waals surface area contributed by atoms with E-state index in [2.05, 4.69) is 5.32 Å². The Morgan fingerprint density at radius 2 is 1.95 bits per heavy atom. The van der Waals surface area contributed by atoms with Crippen molar-refractivity contribution in [3.63, 3.8) is 0 Å². The third-order valence-electron chi connectivity index (χ3n) is 2.67. The number of ether oxygens (including phenoxy) is 1. The first kappa shape index (κ1) is 14.0. The largest absolute Gasteiger partial charge is 0.497 e. The summed E-state index contributed by atoms with van der Waals surface area (Å²) in [5.41, 5.74) is 1.55. The lowest BCUT2D eigenvalue weighted by Gasteiger charge is -2.09. The lowest BCUT2D eigenvalue weighted by molar-refractivity contribution is -0.384. The number of benzene rings is 2. The van der Waals surface area contributed by atoms with Crippen molar-refractivity contribution >= 4 is 28.6 Å². The SMILES string of the molecule is COc1cccc(NC(=S)c2ccc([N+](=O)[O-])cc2)c1. The zero-order valence-corrected chi connectivity index (χ0v) is 11.5. The second-order valence-corrected chi connectivity index (χ2v) is 4.40. The summed E-state index contributed by atoms with van der Waals surface area (Å²) in [5.74, 6) is 0.724. The van der Waals surface area contributed by atoms with Crippen molar-refractivity contribution in [2.24, 2.45) is 0 Å². The Labute approximate surface area is 121 Å². The van der Waals surface area contributed by atoms with E-state index in [9.17, 15) is 10.1 Å². The topological polar surface area (TPSA) is 64.4 Å². The molecule has 1 N–H and O–H groups in total. The maximum atomic E-state index is 10.6. The van der Waals surface area contributed by atoms with Gasteiger partial charge in [-0.2, -0.15) is 0 Å². The standard InChI is InChI=1S/C14H12N2O3S/c1-19-13-4-2-3-11(9-13)15-14(20)10-5-7-12(8-6-10)16(17)18/h2-9H,1H3,(H,15,20). The maximum Gasteiger partial charge on any atom is 0.269 e. The molecule has 0 amide bonds. The molecule has 0 bridgehead atoms. The minimum absolute atomic E-state index is 0.0398. The number of hydrogen-bond donors (Lipinski definition) is 1. The molecule has 6 heteroatoms. The van der Waals surface area contributed by atoms with Gasteiger partial charge in [0.2, 0.25) is 0 Å². The predicted molar refractivity (Wildman–Crippen MR) is 81.4 cm³/mol. The van der Waals surface area contributed by atoms with Crippen molar-refractivity contribution in [3.8, 4) is 5.75 Å². The first-order chi connectivity index (χ1) is 9.60. The molecule has 0 aliphatic rings. The van der Waals surface area contributed by atoms with Crippen molar-refractivity contribution in [2.45, 2.75) is 0 Å². The molecule has 2 rings (SSSR count). The van der Waals surface area contributed by atoms with Crippen molar-refractivity contribution in [1.82, 2.24) is 0 Å². The van der Waals surface area contributed by atoms with Crippen LogP contribution in [0.15, 0.2) is 48.5 Å². The molecule has 0 saturated heterocycles. The van der Waals surface area contributed by atoms with Gasteiger partial charge in [0.1, 0.15) is 10.7 Å². The molecular formula is C14H12N2O3S. The number of nitrogens with zero attached hydrogens (tertiary/aromatic N) is 1. The van der Waals surface area contributed by atoms with Gasteiger partial charge in [-0.25, -0.2) is 0 Å². The number of nitro groups is 1. The van der Waals surface area contributed by atoms with E-state index >= 15 is 0 Å². The van der Waals surface area contributed by atoms with E-state index in [4.69, 9.17) is 17.0 Å². The van der Waals surface area contributed by atoms with Crippen LogP contribution in [0.1, 0.15) is 5.56 Å². The van der Waals surface area contributed by atoms with E-state index < -0.39 is 4.92 Å². The Morgan fingerprint density at radius 3 is 2.55 bits per heavy atom. The van der Waals surface area contributed by atoms with E-state index in [1.165, 1.54) is 12.1 Å². The molecule has 0 aromatic heterocycles. The van der Waals surface area contributed by atoms with Gasteiger partial charge in [-0.1, -0.05) is 18.3 Å². The molecule has 0 saturated carbocycles. The number of nitro benzene ring substituents is 1. The molecule has 0 aliphatic carbocycles. The Balaban J connectivity index is 2.13. The van der Waals surface area contributed by atoms with Crippen LogP contribution in [0.3, 0.4) is 0 Å². The number of rotatable bonds is 4. The van der Waals surface area contributed by atoms with E-state index in [0.717, 1.165) is 11.4 Å². The second-order valence-electron chi connectivity index (χ2n) is 3.99. The zero-order chi connectivity index (χ0) is 14.5. The summed E-state index contributed by atoms with van der Waals surface area (Å²) in [4.78, 5) is 10.6. The molecule has 0 spiro atoms. The van der Waals surface area contributed by atoms with Crippen LogP contribution >= 0.6 is 12.2 Å². The van der Waals surface area contributed by atoms with Crippen LogP contribution < -0.4 is 10.1 Å². The van der Waals surface area contributed by atoms with Gasteiger partial charge in [-0.15, -0.1) is 0 Å². The van der Waals surface area contributed by atoms with Crippen LogP contribution in [0.2, 0.25) is 0 Å². The molecule has 2 aromatic carbocycles. The van der Waals surface area contributed by atoms with Gasteiger partial charge < -0.3 is 10.1 Å². The van der Waals surface area contributed by atoms with Crippen LogP contribution in [0.5, 0.6) is 5.75 Å². The molecular weight excluding hydrogens is 276 g/mol. The van der Waals surface area contributed by atoms with Gasteiger partial charge in [0.25, 0.3) is 5.69 Å². The summed E-state index contributed by atoms with van der Waals surface area (Å²) in [7, 11) is 1.59. The van der Waals surface area contributed by atoms with E-state index in [-0.39, 0.29) is 5.69 Å². The highest BCUT2D eigenvalue weighted by atomic mass is 32.1. The minimum atomic E-state index is -0.442. The molecule has 0 radical (unpaired) electrons. The molecule has 0 unspecified atom stereocenters. The highest BCUT2D eigenvalue weighted by Gasteiger charge is 2.07. The average Bonchev–Trinajstić information content (AvgIpc) is 2.47. The fourth-order valence-electron chi connectivity index (χ4n) is 1.64. The fourth-order valence-corrected chi connectivity index (χ4v) is 1.89. The quantitative estimate of drug-likeness (QED) is 0.530. The molecule has 2 aromatic rings. The van der Waals surface area contributed by atoms with E-state index in [0.29, 0.717) is 10.6 Å². The van der Waals surface area contributed by atoms with Gasteiger partial charge in [0.05, 0.1) is 12.0 Å². The van der Waals surface area contributed by atoms with Gasteiger partial charge in [0, 0.05) is 29.4 Å². The lowest BCUT2D eigenvalue weighted by Crippen LogP contribution is -2.10. The Bertz CT molecular complexity index is 641. The van der Waals surface area contributed by atoms with E-state index in [1.807, 2.05) is 24.3 Å². The molecule has 0 fully saturated rings. The molecule has 0 aliphatic heterocycles. The van der Waals surface area contributed by atoms with Gasteiger partial charge in [-0.3, -0.25) is 10.1 Å². The summed E-state index contributed by atoms with van der Waals surface area (Å²) in [6.45, 7) is 0. The summed E-state index contributed by atoms with van der Waals surface area (Å²) >= 11 is 5.27. The van der Waals surface area contributed by atoms with Crippen molar-refractivity contribution < 1.29 is 9.66 Å². The number of thiocarbonyl (C=S) groups is 1. The fraction of sp³-hybridized carbons (Fsp3) is 0.0714. The summed E-state index contributed by atoms with van der Waals surface area (Å²) in [5, 5.41) is 13.7. The maximum absolute atomic E-state index is 10.6. The Kier molecular flexibility index (Phi) is 4.27. The highest BCUT2D eigenvalue weighted by molar-refractivity contribution is 7.81. The molecule has 0 heterocycles. The van der Waals surface area contributed by atoms with E-state index in [1.54, 1.807) is 19.2 Å². The zero-order valence-electron chi connectivity index (χ0n) is 10.7. The van der Waals surface area contributed by atoms with Crippen LogP contribution in [0.4, 0.5) is 11.4 Å². The van der Waals surface area contributed by atoms with Crippen LogP contribution in [-0.4, -0.2) is 17.0 Å². The number of methoxy groups -OCH3 is 1. The van der Waals surface area contributed by atoms with Crippen LogP contribution in [0, 0.1) is 10.1 Å². The smallest absolute Gasteiger partial charge is 0.269 e. The van der Waals surface area contributed by atoms with Crippen molar-refractivity contribution in [1.29, 1.82) is 0 Å². The summed E-state index contributed by atoms with van der Waals surface area (Å²) in [6.07, 6.45) is 0. The first-order valence-corrected chi connectivity index (χ1v) is 6.21. The van der Waals surface area contributed by atoms with Crippen LogP contribution in [0.25, 0.3) is 0 Å². The Morgan fingerprint density at radius 1 is 1.25 bits per heavy atom. The number of nitrogens with one attached hydrogen (secondary N) is 1. The third-order valence-corrected chi connectivity index (χ3v) is 3.01. The predicted octanol–water partition coefficient (Wildman–Crippen LogP) is 3.39. The Hall–Kier alpha value is -2.47. The summed E-state index contributed by atoms with van der Waals surface area (Å²) < 4.78 is 5.13. The van der Waals surface area contributed by atoms with Crippen LogP contribution in [-0.2, 0) is 0 Å². The molecule has 0 atom stereocenters. The number of anilines is 1. The van der Waals surface area contributed by atoms with Gasteiger partial charge in [0.15, 0.2) is 0 Å².